The Morgan fingerprint density at radius 1 is 1.38 bits per heavy atom. The lowest BCUT2D eigenvalue weighted by molar-refractivity contribution is -0.137. The molecule has 0 atom stereocenters. The minimum atomic E-state index is -1.56. The molecule has 0 aromatic rings. The predicted octanol–water partition coefficient (Wildman–Crippen LogP) is 3.16. The Kier molecular flexibility index (Phi) is 5.53. The van der Waals surface area contributed by atoms with Gasteiger partial charge in [-0.15, -0.1) is 5.54 Å². The molecule has 0 saturated carbocycles. The zero-order valence-corrected chi connectivity index (χ0v) is 12.2. The van der Waals surface area contributed by atoms with Gasteiger partial charge in [0, 0.05) is 6.08 Å². The van der Waals surface area contributed by atoms with E-state index in [1.165, 1.54) is 6.08 Å². The Hall–Kier alpha value is -1.01. The van der Waals surface area contributed by atoms with Gasteiger partial charge in [-0.2, -0.15) is 0 Å². The molecule has 3 heteroatoms. The second-order valence-electron chi connectivity index (χ2n) is 5.23. The van der Waals surface area contributed by atoms with Crippen molar-refractivity contribution in [1.82, 2.24) is 0 Å². The lowest BCUT2D eigenvalue weighted by atomic mass is 10.2. The van der Waals surface area contributed by atoms with Crippen molar-refractivity contribution < 1.29 is 9.53 Å². The average Bonchev–Trinajstić information content (AvgIpc) is 2.11. The first-order valence-corrected chi connectivity index (χ1v) is 8.56. The van der Waals surface area contributed by atoms with Gasteiger partial charge in [-0.1, -0.05) is 39.8 Å². The summed E-state index contributed by atoms with van der Waals surface area (Å²) in [6.45, 7) is 13.3. The van der Waals surface area contributed by atoms with E-state index in [0.29, 0.717) is 6.61 Å². The molecular formula is C13H22O2Si. The maximum absolute atomic E-state index is 11.0. The van der Waals surface area contributed by atoms with Crippen LogP contribution in [0, 0.1) is 11.5 Å². The van der Waals surface area contributed by atoms with Gasteiger partial charge in [0.15, 0.2) is 0 Å². The molecule has 0 fully saturated rings. The van der Waals surface area contributed by atoms with E-state index in [-0.39, 0.29) is 11.0 Å². The number of carbonyl (C=O) groups is 1. The molecule has 2 nitrogen and oxygen atoms in total. The second-order valence-corrected chi connectivity index (χ2v) is 10.2. The molecule has 0 aliphatic rings. The van der Waals surface area contributed by atoms with E-state index in [1.54, 1.807) is 13.0 Å². The molecule has 0 aliphatic heterocycles. The Balaban J connectivity index is 4.48. The SMILES string of the molecule is CCOC(=O)/C=C/C#C[Si](C)(C)C(C)(C)C. The number of esters is 1. The van der Waals surface area contributed by atoms with E-state index in [2.05, 4.69) is 45.3 Å². The molecule has 0 unspecified atom stereocenters. The van der Waals surface area contributed by atoms with Gasteiger partial charge in [0.1, 0.15) is 8.07 Å². The van der Waals surface area contributed by atoms with Crippen molar-refractivity contribution in [3.8, 4) is 11.5 Å². The third-order valence-corrected chi connectivity index (χ3v) is 7.37. The highest BCUT2D eigenvalue weighted by Crippen LogP contribution is 2.34. The second kappa shape index (κ2) is 5.91. The summed E-state index contributed by atoms with van der Waals surface area (Å²) in [4.78, 5) is 11.0. The summed E-state index contributed by atoms with van der Waals surface area (Å²) in [7, 11) is -1.56. The van der Waals surface area contributed by atoms with Crippen LogP contribution in [0.4, 0.5) is 0 Å². The molecule has 0 saturated heterocycles. The van der Waals surface area contributed by atoms with Crippen molar-refractivity contribution in [2.75, 3.05) is 6.61 Å². The minimum Gasteiger partial charge on any atom is -0.463 e. The fourth-order valence-corrected chi connectivity index (χ4v) is 1.53. The number of allylic oxidation sites excluding steroid dienone is 1. The number of hydrogen-bond donors (Lipinski definition) is 0. The molecule has 0 rings (SSSR count). The normalized spacial score (nSPS) is 12.1. The molecular weight excluding hydrogens is 216 g/mol. The first kappa shape index (κ1) is 15.0. The van der Waals surface area contributed by atoms with E-state index in [9.17, 15) is 4.79 Å². The number of rotatable bonds is 2. The van der Waals surface area contributed by atoms with E-state index in [0.717, 1.165) is 0 Å². The van der Waals surface area contributed by atoms with Gasteiger partial charge in [-0.3, -0.25) is 0 Å². The zero-order valence-electron chi connectivity index (χ0n) is 11.2. The van der Waals surface area contributed by atoms with E-state index in [1.807, 2.05) is 0 Å². The molecule has 16 heavy (non-hydrogen) atoms. The molecule has 0 aliphatic carbocycles. The van der Waals surface area contributed by atoms with Crippen LogP contribution in [0.3, 0.4) is 0 Å². The van der Waals surface area contributed by atoms with Crippen LogP contribution in [-0.2, 0) is 9.53 Å². The molecule has 0 aromatic carbocycles. The Morgan fingerprint density at radius 3 is 2.38 bits per heavy atom. The smallest absolute Gasteiger partial charge is 0.331 e. The van der Waals surface area contributed by atoms with Gasteiger partial charge in [0.25, 0.3) is 0 Å². The van der Waals surface area contributed by atoms with Crippen molar-refractivity contribution in [1.29, 1.82) is 0 Å². The van der Waals surface area contributed by atoms with Crippen molar-refractivity contribution in [3.63, 3.8) is 0 Å². The van der Waals surface area contributed by atoms with Gasteiger partial charge in [0.2, 0.25) is 0 Å². The molecule has 90 valence electrons. The Morgan fingerprint density at radius 2 is 1.94 bits per heavy atom. The summed E-state index contributed by atoms with van der Waals surface area (Å²) < 4.78 is 4.76. The van der Waals surface area contributed by atoms with Crippen LogP contribution in [0.25, 0.3) is 0 Å². The van der Waals surface area contributed by atoms with Gasteiger partial charge in [-0.25, -0.2) is 4.79 Å². The summed E-state index contributed by atoms with van der Waals surface area (Å²) >= 11 is 0. The average molecular weight is 238 g/mol. The zero-order chi connectivity index (χ0) is 12.8. The molecule has 0 heterocycles. The standard InChI is InChI=1S/C13H22O2Si/c1-7-15-12(14)10-8-9-11-16(5,6)13(2,3)4/h8,10H,7H2,1-6H3/b10-8+. The lowest BCUT2D eigenvalue weighted by Gasteiger charge is -2.31. The first-order chi connectivity index (χ1) is 7.20. The minimum absolute atomic E-state index is 0.248. The molecule has 0 bridgehead atoms. The highest BCUT2D eigenvalue weighted by molar-refractivity contribution is 6.87. The van der Waals surface area contributed by atoms with Crippen LogP contribution in [0.1, 0.15) is 27.7 Å². The summed E-state index contributed by atoms with van der Waals surface area (Å²) in [6.07, 6.45) is 2.96. The highest BCUT2D eigenvalue weighted by Gasteiger charge is 2.33. The monoisotopic (exact) mass is 238 g/mol. The number of ether oxygens (including phenoxy) is 1. The van der Waals surface area contributed by atoms with Crippen molar-refractivity contribution >= 4 is 14.0 Å². The third kappa shape index (κ3) is 5.18. The quantitative estimate of drug-likeness (QED) is 0.320. The predicted molar refractivity (Wildman–Crippen MR) is 70.7 cm³/mol. The lowest BCUT2D eigenvalue weighted by Crippen LogP contribution is -2.35. The van der Waals surface area contributed by atoms with Gasteiger partial charge in [-0.05, 0) is 18.0 Å². The van der Waals surface area contributed by atoms with Crippen LogP contribution in [-0.4, -0.2) is 20.7 Å². The van der Waals surface area contributed by atoms with Crippen LogP contribution >= 0.6 is 0 Å². The summed E-state index contributed by atoms with van der Waals surface area (Å²) in [5.74, 6) is 2.63. The third-order valence-electron chi connectivity index (χ3n) is 2.85. The van der Waals surface area contributed by atoms with Crippen LogP contribution in [0.15, 0.2) is 12.2 Å². The van der Waals surface area contributed by atoms with E-state index in [4.69, 9.17) is 4.74 Å². The fraction of sp³-hybridized carbons (Fsp3) is 0.615. The van der Waals surface area contributed by atoms with E-state index < -0.39 is 8.07 Å². The van der Waals surface area contributed by atoms with Gasteiger partial charge >= 0.3 is 5.97 Å². The highest BCUT2D eigenvalue weighted by atomic mass is 28.3. The van der Waals surface area contributed by atoms with E-state index >= 15 is 0 Å². The van der Waals surface area contributed by atoms with Gasteiger partial charge in [0.05, 0.1) is 6.61 Å². The summed E-state index contributed by atoms with van der Waals surface area (Å²) in [6, 6.07) is 0. The van der Waals surface area contributed by atoms with Crippen molar-refractivity contribution in [3.05, 3.63) is 12.2 Å². The molecule has 0 radical (unpaired) electrons. The maximum atomic E-state index is 11.0. The Bertz CT molecular complexity index is 324. The molecule has 0 aromatic heterocycles. The number of hydrogen-bond acceptors (Lipinski definition) is 2. The van der Waals surface area contributed by atoms with Crippen LogP contribution in [0.5, 0.6) is 0 Å². The Labute approximate surface area is 100 Å². The van der Waals surface area contributed by atoms with Crippen LogP contribution in [0.2, 0.25) is 18.1 Å². The maximum Gasteiger partial charge on any atom is 0.331 e. The first-order valence-electron chi connectivity index (χ1n) is 5.56. The van der Waals surface area contributed by atoms with Gasteiger partial charge < -0.3 is 4.74 Å². The fourth-order valence-electron chi connectivity index (χ4n) is 0.710. The number of carbonyl (C=O) groups excluding carboxylic acids is 1. The molecule has 0 amide bonds. The van der Waals surface area contributed by atoms with Crippen molar-refractivity contribution in [2.45, 2.75) is 45.8 Å². The van der Waals surface area contributed by atoms with Crippen LogP contribution < -0.4 is 0 Å². The summed E-state index contributed by atoms with van der Waals surface area (Å²) in [5.41, 5.74) is 3.29. The molecule has 0 N–H and O–H groups in total. The van der Waals surface area contributed by atoms with Crippen molar-refractivity contribution in [2.24, 2.45) is 0 Å². The largest absolute Gasteiger partial charge is 0.463 e. The topological polar surface area (TPSA) is 26.3 Å². The molecule has 0 spiro atoms. The summed E-state index contributed by atoms with van der Waals surface area (Å²) in [5, 5.41) is 0.248.